The summed E-state index contributed by atoms with van der Waals surface area (Å²) in [4.78, 5) is 0.161. The second-order valence-electron chi connectivity index (χ2n) is 2.34. The average molecular weight is 196 g/mol. The van der Waals surface area contributed by atoms with Crippen LogP contribution >= 0.6 is 0 Å². The molecule has 1 rings (SSSR count). The predicted octanol–water partition coefficient (Wildman–Crippen LogP) is 0.466. The van der Waals surface area contributed by atoms with Gasteiger partial charge in [0.05, 0.1) is 16.5 Å². The Balaban J connectivity index is 3.15. The number of nitrogens with zero attached hydrogens (tertiary/aromatic N) is 1. The molecule has 0 aliphatic carbocycles. The van der Waals surface area contributed by atoms with Crippen LogP contribution < -0.4 is 4.72 Å². The Kier molecular flexibility index (Phi) is 2.66. The van der Waals surface area contributed by atoms with Gasteiger partial charge in [0.15, 0.2) is 0 Å². The number of nitrogens with one attached hydrogen (secondary N) is 1. The van der Waals surface area contributed by atoms with Crippen LogP contribution in [0.2, 0.25) is 0 Å². The Morgan fingerprint density at radius 3 is 2.23 bits per heavy atom. The molecule has 13 heavy (non-hydrogen) atoms. The van der Waals surface area contributed by atoms with Gasteiger partial charge < -0.3 is 0 Å². The third-order valence-corrected chi connectivity index (χ3v) is 2.99. The van der Waals surface area contributed by atoms with Crippen molar-refractivity contribution in [3.63, 3.8) is 0 Å². The summed E-state index contributed by atoms with van der Waals surface area (Å²) < 4.78 is 24.6. The van der Waals surface area contributed by atoms with Gasteiger partial charge in [-0.05, 0) is 31.3 Å². The molecule has 0 unspecified atom stereocenters. The summed E-state index contributed by atoms with van der Waals surface area (Å²) in [6, 6.07) is 7.62. The zero-order valence-corrected chi connectivity index (χ0v) is 7.80. The molecule has 0 saturated carbocycles. The molecular weight excluding hydrogens is 188 g/mol. The minimum atomic E-state index is -3.38. The molecular formula is C8H8N2O2S. The largest absolute Gasteiger partial charge is 0.240 e. The number of hydrogen-bond donors (Lipinski definition) is 1. The molecule has 0 aliphatic heterocycles. The summed E-state index contributed by atoms with van der Waals surface area (Å²) in [5, 5.41) is 8.47. The van der Waals surface area contributed by atoms with Gasteiger partial charge in [0.25, 0.3) is 0 Å². The van der Waals surface area contributed by atoms with E-state index in [0.29, 0.717) is 5.56 Å². The lowest BCUT2D eigenvalue weighted by Crippen LogP contribution is -2.18. The molecule has 1 aromatic rings. The Morgan fingerprint density at radius 2 is 1.85 bits per heavy atom. The molecule has 0 heterocycles. The van der Waals surface area contributed by atoms with E-state index < -0.39 is 10.0 Å². The molecule has 0 radical (unpaired) electrons. The lowest BCUT2D eigenvalue weighted by Gasteiger charge is -2.00. The minimum Gasteiger partial charge on any atom is -0.214 e. The second kappa shape index (κ2) is 3.56. The maximum Gasteiger partial charge on any atom is 0.240 e. The van der Waals surface area contributed by atoms with E-state index in [1.807, 2.05) is 6.07 Å². The van der Waals surface area contributed by atoms with Gasteiger partial charge in [0.2, 0.25) is 10.0 Å². The Bertz CT molecular complexity index is 428. The molecule has 0 aliphatic rings. The summed E-state index contributed by atoms with van der Waals surface area (Å²) in [6.07, 6.45) is 0. The van der Waals surface area contributed by atoms with Gasteiger partial charge in [-0.2, -0.15) is 5.26 Å². The Labute approximate surface area is 76.9 Å². The maximum absolute atomic E-state index is 11.2. The van der Waals surface area contributed by atoms with E-state index in [9.17, 15) is 8.42 Å². The van der Waals surface area contributed by atoms with Crippen LogP contribution in [0.5, 0.6) is 0 Å². The van der Waals surface area contributed by atoms with Crippen molar-refractivity contribution in [3.05, 3.63) is 29.8 Å². The third kappa shape index (κ3) is 2.05. The average Bonchev–Trinajstić information content (AvgIpc) is 2.18. The second-order valence-corrected chi connectivity index (χ2v) is 4.23. The van der Waals surface area contributed by atoms with Crippen molar-refractivity contribution in [3.8, 4) is 6.07 Å². The highest BCUT2D eigenvalue weighted by molar-refractivity contribution is 7.89. The number of rotatable bonds is 2. The van der Waals surface area contributed by atoms with Crippen LogP contribution in [0.25, 0.3) is 0 Å². The smallest absolute Gasteiger partial charge is 0.214 e. The van der Waals surface area contributed by atoms with E-state index in [1.165, 1.54) is 31.3 Å². The molecule has 0 atom stereocenters. The van der Waals surface area contributed by atoms with E-state index >= 15 is 0 Å². The van der Waals surface area contributed by atoms with Crippen LogP contribution in [0.1, 0.15) is 5.56 Å². The molecule has 0 amide bonds. The molecule has 68 valence electrons. The zero-order chi connectivity index (χ0) is 9.90. The fourth-order valence-electron chi connectivity index (χ4n) is 0.826. The van der Waals surface area contributed by atoms with Gasteiger partial charge in [-0.3, -0.25) is 0 Å². The van der Waals surface area contributed by atoms with Gasteiger partial charge in [-0.25, -0.2) is 13.1 Å². The number of nitriles is 1. The monoisotopic (exact) mass is 196 g/mol. The quantitative estimate of drug-likeness (QED) is 0.747. The molecule has 0 aromatic heterocycles. The fourth-order valence-corrected chi connectivity index (χ4v) is 1.56. The van der Waals surface area contributed by atoms with E-state index in [2.05, 4.69) is 4.72 Å². The number of sulfonamides is 1. The van der Waals surface area contributed by atoms with E-state index in [4.69, 9.17) is 5.26 Å². The van der Waals surface area contributed by atoms with Gasteiger partial charge in [0, 0.05) is 0 Å². The summed E-state index contributed by atoms with van der Waals surface area (Å²) in [5.74, 6) is 0. The molecule has 0 spiro atoms. The first-order valence-corrected chi connectivity index (χ1v) is 5.02. The first kappa shape index (κ1) is 9.71. The molecule has 4 nitrogen and oxygen atoms in total. The normalized spacial score (nSPS) is 10.8. The SMILES string of the molecule is CNS(=O)(=O)c1ccc(C#N)cc1. The molecule has 5 heteroatoms. The minimum absolute atomic E-state index is 0.161. The lowest BCUT2D eigenvalue weighted by atomic mass is 10.2. The number of benzene rings is 1. The molecule has 1 aromatic carbocycles. The predicted molar refractivity (Wildman–Crippen MR) is 47.4 cm³/mol. The summed E-state index contributed by atoms with van der Waals surface area (Å²) in [5.41, 5.74) is 0.440. The van der Waals surface area contributed by atoms with Crippen LogP contribution in [-0.2, 0) is 10.0 Å². The van der Waals surface area contributed by atoms with Gasteiger partial charge in [0.1, 0.15) is 0 Å². The van der Waals surface area contributed by atoms with E-state index in [-0.39, 0.29) is 4.90 Å². The van der Waals surface area contributed by atoms with Crippen LogP contribution in [0, 0.1) is 11.3 Å². The van der Waals surface area contributed by atoms with Crippen LogP contribution in [0.15, 0.2) is 29.2 Å². The zero-order valence-electron chi connectivity index (χ0n) is 6.98. The van der Waals surface area contributed by atoms with E-state index in [0.717, 1.165) is 0 Å². The first-order chi connectivity index (χ1) is 6.10. The van der Waals surface area contributed by atoms with Gasteiger partial charge in [-0.1, -0.05) is 0 Å². The Morgan fingerprint density at radius 1 is 1.31 bits per heavy atom. The standard InChI is InChI=1S/C8H8N2O2S/c1-10-13(11,12)8-4-2-7(6-9)3-5-8/h2-5,10H,1H3. The summed E-state index contributed by atoms with van der Waals surface area (Å²) in [7, 11) is -2.04. The van der Waals surface area contributed by atoms with Crippen molar-refractivity contribution in [1.29, 1.82) is 5.26 Å². The molecule has 0 saturated heterocycles. The number of hydrogen-bond acceptors (Lipinski definition) is 3. The first-order valence-electron chi connectivity index (χ1n) is 3.54. The fraction of sp³-hybridized carbons (Fsp3) is 0.125. The van der Waals surface area contributed by atoms with Crippen molar-refractivity contribution in [1.82, 2.24) is 4.72 Å². The van der Waals surface area contributed by atoms with Crippen molar-refractivity contribution in [2.75, 3.05) is 7.05 Å². The van der Waals surface area contributed by atoms with Crippen molar-refractivity contribution < 1.29 is 8.42 Å². The van der Waals surface area contributed by atoms with Gasteiger partial charge >= 0.3 is 0 Å². The van der Waals surface area contributed by atoms with Crippen molar-refractivity contribution in [2.24, 2.45) is 0 Å². The lowest BCUT2D eigenvalue weighted by molar-refractivity contribution is 0.588. The maximum atomic E-state index is 11.2. The highest BCUT2D eigenvalue weighted by atomic mass is 32.2. The molecule has 0 bridgehead atoms. The highest BCUT2D eigenvalue weighted by Crippen LogP contribution is 2.08. The summed E-state index contributed by atoms with van der Waals surface area (Å²) in [6.45, 7) is 0. The van der Waals surface area contributed by atoms with Crippen molar-refractivity contribution >= 4 is 10.0 Å². The van der Waals surface area contributed by atoms with Crippen LogP contribution in [0.3, 0.4) is 0 Å². The molecule has 1 N–H and O–H groups in total. The van der Waals surface area contributed by atoms with Crippen molar-refractivity contribution in [2.45, 2.75) is 4.90 Å². The Hall–Kier alpha value is -1.38. The summed E-state index contributed by atoms with van der Waals surface area (Å²) >= 11 is 0. The van der Waals surface area contributed by atoms with Crippen LogP contribution in [0.4, 0.5) is 0 Å². The van der Waals surface area contributed by atoms with Gasteiger partial charge in [-0.15, -0.1) is 0 Å². The van der Waals surface area contributed by atoms with E-state index in [1.54, 1.807) is 0 Å². The van der Waals surface area contributed by atoms with Crippen LogP contribution in [-0.4, -0.2) is 15.5 Å². The topological polar surface area (TPSA) is 70.0 Å². The third-order valence-electron chi connectivity index (χ3n) is 1.56. The molecule has 0 fully saturated rings. The highest BCUT2D eigenvalue weighted by Gasteiger charge is 2.09.